The summed E-state index contributed by atoms with van der Waals surface area (Å²) >= 11 is 3.35. The molecule has 1 saturated heterocycles. The van der Waals surface area contributed by atoms with Gasteiger partial charge in [-0.15, -0.1) is 6.58 Å². The highest BCUT2D eigenvalue weighted by atomic mass is 79.9. The number of rotatable bonds is 6. The summed E-state index contributed by atoms with van der Waals surface area (Å²) in [6, 6.07) is 5.63. The molecule has 0 radical (unpaired) electrons. The normalized spacial score (nSPS) is 16.2. The Labute approximate surface area is 162 Å². The van der Waals surface area contributed by atoms with Gasteiger partial charge in [0.25, 0.3) is 5.91 Å². The van der Waals surface area contributed by atoms with E-state index in [-0.39, 0.29) is 18.1 Å². The molecule has 3 rings (SSSR count). The fourth-order valence-electron chi connectivity index (χ4n) is 3.27. The third kappa shape index (κ3) is 4.48. The number of hydrogen-bond donors (Lipinski definition) is 1. The third-order valence-corrected chi connectivity index (χ3v) is 4.90. The quantitative estimate of drug-likeness (QED) is 0.705. The van der Waals surface area contributed by atoms with Crippen molar-refractivity contribution in [1.82, 2.24) is 10.2 Å². The maximum atomic E-state index is 12.8. The van der Waals surface area contributed by atoms with Gasteiger partial charge in [-0.1, -0.05) is 6.08 Å². The molecule has 1 fully saturated rings. The highest BCUT2D eigenvalue weighted by Crippen LogP contribution is 2.33. The number of nitrogens with zero attached hydrogens (tertiary/aromatic N) is 1. The summed E-state index contributed by atoms with van der Waals surface area (Å²) in [5, 5.41) is 4.01. The lowest BCUT2D eigenvalue weighted by molar-refractivity contribution is 0.0913. The molecule has 26 heavy (non-hydrogen) atoms. The van der Waals surface area contributed by atoms with E-state index in [2.05, 4.69) is 32.7 Å². The molecule has 1 aliphatic rings. The molecule has 0 atom stereocenters. The lowest BCUT2D eigenvalue weighted by Crippen LogP contribution is -2.44. The molecule has 0 unspecified atom stereocenters. The molecular weight excluding hydrogens is 396 g/mol. The fraction of sp³-hybridized carbons (Fsp3) is 0.450. The van der Waals surface area contributed by atoms with Gasteiger partial charge >= 0.3 is 0 Å². The molecule has 140 valence electrons. The topological polar surface area (TPSA) is 54.7 Å². The SMILES string of the molecule is C=CCN1CCC(NC(=O)c2cc(OC(C)C)c3cc(Br)oc3c2)CC1. The van der Waals surface area contributed by atoms with Crippen LogP contribution in [0.15, 0.2) is 39.9 Å². The van der Waals surface area contributed by atoms with Crippen LogP contribution in [0.25, 0.3) is 11.0 Å². The van der Waals surface area contributed by atoms with Crippen LogP contribution in [-0.4, -0.2) is 42.6 Å². The Hall–Kier alpha value is -1.79. The average Bonchev–Trinajstić information content (AvgIpc) is 2.97. The van der Waals surface area contributed by atoms with Crippen LogP contribution in [0.5, 0.6) is 5.75 Å². The maximum absolute atomic E-state index is 12.8. The van der Waals surface area contributed by atoms with Crippen molar-refractivity contribution in [3.8, 4) is 5.75 Å². The monoisotopic (exact) mass is 420 g/mol. The number of benzene rings is 1. The van der Waals surface area contributed by atoms with Crippen LogP contribution in [-0.2, 0) is 0 Å². The smallest absolute Gasteiger partial charge is 0.251 e. The molecule has 2 heterocycles. The number of nitrogens with one attached hydrogen (secondary N) is 1. The molecule has 1 aromatic carbocycles. The van der Waals surface area contributed by atoms with Crippen molar-refractivity contribution < 1.29 is 13.9 Å². The van der Waals surface area contributed by atoms with Gasteiger partial charge in [-0.05, 0) is 54.8 Å². The van der Waals surface area contributed by atoms with Crippen LogP contribution in [0.1, 0.15) is 37.0 Å². The minimum Gasteiger partial charge on any atom is -0.490 e. The van der Waals surface area contributed by atoms with E-state index in [1.165, 1.54) is 0 Å². The summed E-state index contributed by atoms with van der Waals surface area (Å²) in [4.78, 5) is 15.1. The summed E-state index contributed by atoms with van der Waals surface area (Å²) in [7, 11) is 0. The van der Waals surface area contributed by atoms with Crippen LogP contribution in [0, 0.1) is 0 Å². The Bertz CT molecular complexity index is 792. The lowest BCUT2D eigenvalue weighted by Gasteiger charge is -2.31. The van der Waals surface area contributed by atoms with E-state index in [1.807, 2.05) is 26.0 Å². The fourth-order valence-corrected chi connectivity index (χ4v) is 3.67. The molecular formula is C20H25BrN2O3. The van der Waals surface area contributed by atoms with E-state index in [0.717, 1.165) is 37.9 Å². The molecule has 0 spiro atoms. The second kappa shape index (κ2) is 8.27. The number of carbonyl (C=O) groups excluding carboxylic acids is 1. The Morgan fingerprint density at radius 2 is 2.15 bits per heavy atom. The van der Waals surface area contributed by atoms with Crippen molar-refractivity contribution in [3.63, 3.8) is 0 Å². The van der Waals surface area contributed by atoms with Gasteiger partial charge in [-0.3, -0.25) is 9.69 Å². The van der Waals surface area contributed by atoms with E-state index in [9.17, 15) is 4.79 Å². The van der Waals surface area contributed by atoms with E-state index < -0.39 is 0 Å². The Morgan fingerprint density at radius 1 is 1.42 bits per heavy atom. The van der Waals surface area contributed by atoms with Crippen LogP contribution in [0.4, 0.5) is 0 Å². The van der Waals surface area contributed by atoms with Gasteiger partial charge in [0.15, 0.2) is 4.67 Å². The molecule has 1 aromatic heterocycles. The van der Waals surface area contributed by atoms with Crippen LogP contribution < -0.4 is 10.1 Å². The number of piperidine rings is 1. The highest BCUT2D eigenvalue weighted by Gasteiger charge is 2.22. The molecule has 1 aliphatic heterocycles. The van der Waals surface area contributed by atoms with Gasteiger partial charge in [0.05, 0.1) is 11.5 Å². The molecule has 0 saturated carbocycles. The average molecular weight is 421 g/mol. The molecule has 0 bridgehead atoms. The van der Waals surface area contributed by atoms with E-state index >= 15 is 0 Å². The number of likely N-dealkylation sites (tertiary alicyclic amines) is 1. The molecule has 2 aromatic rings. The first-order valence-electron chi connectivity index (χ1n) is 9.00. The zero-order chi connectivity index (χ0) is 18.7. The molecule has 0 aliphatic carbocycles. The van der Waals surface area contributed by atoms with Crippen LogP contribution >= 0.6 is 15.9 Å². The van der Waals surface area contributed by atoms with E-state index in [4.69, 9.17) is 9.15 Å². The predicted octanol–water partition coefficient (Wildman–Crippen LogP) is 4.36. The first kappa shape index (κ1) is 19.0. The number of furan rings is 1. The van der Waals surface area contributed by atoms with Crippen LogP contribution in [0.2, 0.25) is 0 Å². The van der Waals surface area contributed by atoms with E-state index in [0.29, 0.717) is 21.6 Å². The number of halogens is 1. The zero-order valence-corrected chi connectivity index (χ0v) is 16.8. The van der Waals surface area contributed by atoms with Crippen molar-refractivity contribution in [1.29, 1.82) is 0 Å². The van der Waals surface area contributed by atoms with Gasteiger partial charge in [-0.25, -0.2) is 0 Å². The molecule has 5 nitrogen and oxygen atoms in total. The molecule has 1 amide bonds. The van der Waals surface area contributed by atoms with Crippen molar-refractivity contribution in [2.24, 2.45) is 0 Å². The number of carbonyl (C=O) groups is 1. The second-order valence-electron chi connectivity index (χ2n) is 6.94. The Kier molecular flexibility index (Phi) is 6.04. The summed E-state index contributed by atoms with van der Waals surface area (Å²) in [6.45, 7) is 10.6. The van der Waals surface area contributed by atoms with Gasteiger partial charge in [0.1, 0.15) is 11.3 Å². The van der Waals surface area contributed by atoms with Gasteiger partial charge < -0.3 is 14.5 Å². The highest BCUT2D eigenvalue weighted by molar-refractivity contribution is 9.10. The van der Waals surface area contributed by atoms with Crippen molar-refractivity contribution >= 4 is 32.8 Å². The molecule has 1 N–H and O–H groups in total. The predicted molar refractivity (Wildman–Crippen MR) is 107 cm³/mol. The largest absolute Gasteiger partial charge is 0.490 e. The number of ether oxygens (including phenoxy) is 1. The van der Waals surface area contributed by atoms with Gasteiger partial charge in [0.2, 0.25) is 0 Å². The summed E-state index contributed by atoms with van der Waals surface area (Å²) < 4.78 is 12.2. The Morgan fingerprint density at radius 3 is 2.81 bits per heavy atom. The maximum Gasteiger partial charge on any atom is 0.251 e. The summed E-state index contributed by atoms with van der Waals surface area (Å²) in [5.74, 6) is 0.577. The second-order valence-corrected chi connectivity index (χ2v) is 7.72. The zero-order valence-electron chi connectivity index (χ0n) is 15.3. The first-order chi connectivity index (χ1) is 12.5. The summed E-state index contributed by atoms with van der Waals surface area (Å²) in [5.41, 5.74) is 1.20. The third-order valence-electron chi connectivity index (χ3n) is 4.50. The first-order valence-corrected chi connectivity index (χ1v) is 9.79. The van der Waals surface area contributed by atoms with Crippen LogP contribution in [0.3, 0.4) is 0 Å². The minimum atomic E-state index is -0.0878. The van der Waals surface area contributed by atoms with Crippen molar-refractivity contribution in [3.05, 3.63) is 41.1 Å². The number of hydrogen-bond acceptors (Lipinski definition) is 4. The minimum absolute atomic E-state index is 0.0133. The van der Waals surface area contributed by atoms with Crippen molar-refractivity contribution in [2.75, 3.05) is 19.6 Å². The Balaban J connectivity index is 1.75. The number of fused-ring (bicyclic) bond motifs is 1. The van der Waals surface area contributed by atoms with E-state index in [1.54, 1.807) is 12.1 Å². The number of amides is 1. The van der Waals surface area contributed by atoms with Gasteiger partial charge in [0, 0.05) is 37.3 Å². The van der Waals surface area contributed by atoms with Gasteiger partial charge in [-0.2, -0.15) is 0 Å². The standard InChI is InChI=1S/C20H25BrN2O3/c1-4-7-23-8-5-15(6-9-23)22-20(24)14-10-17(25-13(2)3)16-12-19(21)26-18(16)11-14/h4,10-13,15H,1,5-9H2,2-3H3,(H,22,24). The molecule has 6 heteroatoms. The van der Waals surface area contributed by atoms with Crippen molar-refractivity contribution in [2.45, 2.75) is 38.8 Å². The lowest BCUT2D eigenvalue weighted by atomic mass is 10.0. The summed E-state index contributed by atoms with van der Waals surface area (Å²) in [6.07, 6.45) is 3.83.